The van der Waals surface area contributed by atoms with Crippen LogP contribution in [0.25, 0.3) is 11.4 Å². The number of nitrogens with zero attached hydrogens (tertiary/aromatic N) is 2. The Balaban J connectivity index is 1.70. The Labute approximate surface area is 128 Å². The zero-order chi connectivity index (χ0) is 15.4. The fourth-order valence-electron chi connectivity index (χ4n) is 2.60. The van der Waals surface area contributed by atoms with E-state index in [1.165, 1.54) is 4.57 Å². The summed E-state index contributed by atoms with van der Waals surface area (Å²) < 4.78 is 17.5. The molecule has 1 atom stereocenters. The van der Waals surface area contributed by atoms with Crippen molar-refractivity contribution in [2.45, 2.75) is 39.0 Å². The average molecular weight is 304 g/mol. The Hall–Kier alpha value is -1.92. The van der Waals surface area contributed by atoms with Gasteiger partial charge in [0.25, 0.3) is 0 Å². The van der Waals surface area contributed by atoms with Crippen molar-refractivity contribution < 1.29 is 14.0 Å². The number of ether oxygens (including phenoxy) is 2. The van der Waals surface area contributed by atoms with Crippen LogP contribution in [-0.4, -0.2) is 29.2 Å². The molecule has 1 fully saturated rings. The molecule has 0 bridgehead atoms. The second-order valence-corrected chi connectivity index (χ2v) is 5.41. The molecule has 0 amide bonds. The molecule has 0 aliphatic carbocycles. The van der Waals surface area contributed by atoms with Gasteiger partial charge in [-0.05, 0) is 31.7 Å². The highest BCUT2D eigenvalue weighted by molar-refractivity contribution is 5.59. The molecule has 2 heterocycles. The summed E-state index contributed by atoms with van der Waals surface area (Å²) in [6.07, 6.45) is 2.95. The first kappa shape index (κ1) is 15.0. The predicted octanol–water partition coefficient (Wildman–Crippen LogP) is 2.35. The Morgan fingerprint density at radius 2 is 2.23 bits per heavy atom. The molecule has 6 heteroatoms. The van der Waals surface area contributed by atoms with Crippen molar-refractivity contribution in [1.29, 1.82) is 0 Å². The van der Waals surface area contributed by atoms with Crippen LogP contribution in [0.4, 0.5) is 0 Å². The molecule has 118 valence electrons. The number of aryl methyl sites for hydroxylation is 1. The highest BCUT2D eigenvalue weighted by Crippen LogP contribution is 2.20. The summed E-state index contributed by atoms with van der Waals surface area (Å²) in [5.41, 5.74) is 1.93. The van der Waals surface area contributed by atoms with Crippen molar-refractivity contribution in [2.75, 3.05) is 13.2 Å². The number of hydrogen-bond donors (Lipinski definition) is 0. The van der Waals surface area contributed by atoms with Crippen LogP contribution >= 0.6 is 0 Å². The fourth-order valence-corrected chi connectivity index (χ4v) is 2.60. The van der Waals surface area contributed by atoms with Crippen LogP contribution in [0.5, 0.6) is 0 Å². The van der Waals surface area contributed by atoms with Crippen molar-refractivity contribution >= 4 is 0 Å². The quantitative estimate of drug-likeness (QED) is 0.848. The smallest absolute Gasteiger partial charge is 0.353 e. The SMILES string of the molecule is Cc1ccccc1-c1noc(=O)n1CCO[C@H]1CCCCO1. The minimum Gasteiger partial charge on any atom is -0.353 e. The van der Waals surface area contributed by atoms with E-state index in [1.807, 2.05) is 31.2 Å². The molecule has 0 spiro atoms. The van der Waals surface area contributed by atoms with Gasteiger partial charge in [0.1, 0.15) is 0 Å². The number of aromatic nitrogens is 2. The third-order valence-corrected chi connectivity index (χ3v) is 3.83. The van der Waals surface area contributed by atoms with Gasteiger partial charge in [0.05, 0.1) is 13.2 Å². The van der Waals surface area contributed by atoms with Crippen LogP contribution in [0.2, 0.25) is 0 Å². The maximum Gasteiger partial charge on any atom is 0.441 e. The van der Waals surface area contributed by atoms with Crippen molar-refractivity contribution in [2.24, 2.45) is 0 Å². The summed E-state index contributed by atoms with van der Waals surface area (Å²) in [6.45, 7) is 3.51. The van der Waals surface area contributed by atoms with E-state index in [2.05, 4.69) is 5.16 Å². The largest absolute Gasteiger partial charge is 0.441 e. The first-order valence-corrected chi connectivity index (χ1v) is 7.61. The molecule has 1 aliphatic heterocycles. The first-order chi connectivity index (χ1) is 10.8. The van der Waals surface area contributed by atoms with Gasteiger partial charge in [-0.25, -0.2) is 4.79 Å². The summed E-state index contributed by atoms with van der Waals surface area (Å²) in [5, 5.41) is 3.90. The zero-order valence-electron chi connectivity index (χ0n) is 12.7. The van der Waals surface area contributed by atoms with Gasteiger partial charge < -0.3 is 9.47 Å². The molecule has 1 saturated heterocycles. The van der Waals surface area contributed by atoms with Crippen LogP contribution in [-0.2, 0) is 16.0 Å². The molecule has 6 nitrogen and oxygen atoms in total. The van der Waals surface area contributed by atoms with Crippen molar-refractivity contribution in [3.05, 3.63) is 40.4 Å². The zero-order valence-corrected chi connectivity index (χ0v) is 12.7. The summed E-state index contributed by atoms with van der Waals surface area (Å²) in [6, 6.07) is 7.77. The van der Waals surface area contributed by atoms with E-state index in [0.29, 0.717) is 19.0 Å². The van der Waals surface area contributed by atoms with Gasteiger partial charge in [0, 0.05) is 12.2 Å². The lowest BCUT2D eigenvalue weighted by Crippen LogP contribution is -2.26. The lowest BCUT2D eigenvalue weighted by atomic mass is 10.1. The molecule has 22 heavy (non-hydrogen) atoms. The van der Waals surface area contributed by atoms with Gasteiger partial charge in [-0.15, -0.1) is 0 Å². The first-order valence-electron chi connectivity index (χ1n) is 7.61. The Kier molecular flexibility index (Phi) is 4.70. The second kappa shape index (κ2) is 6.89. The normalized spacial score (nSPS) is 18.5. The van der Waals surface area contributed by atoms with E-state index in [1.54, 1.807) is 0 Å². The van der Waals surface area contributed by atoms with Crippen molar-refractivity contribution in [3.8, 4) is 11.4 Å². The molecular formula is C16H20N2O4. The number of hydrogen-bond acceptors (Lipinski definition) is 5. The van der Waals surface area contributed by atoms with Gasteiger partial charge in [-0.2, -0.15) is 0 Å². The summed E-state index contributed by atoms with van der Waals surface area (Å²) in [5.74, 6) is 0.0719. The van der Waals surface area contributed by atoms with Gasteiger partial charge in [-0.1, -0.05) is 29.4 Å². The molecule has 0 unspecified atom stereocenters. The van der Waals surface area contributed by atoms with E-state index in [-0.39, 0.29) is 6.29 Å². The standard InChI is InChI=1S/C16H20N2O4/c1-12-6-2-3-7-13(12)15-17-22-16(19)18(15)9-11-21-14-8-4-5-10-20-14/h2-3,6-7,14H,4-5,8-11H2,1H3/t14-/m0/s1. The summed E-state index contributed by atoms with van der Waals surface area (Å²) in [7, 11) is 0. The number of benzene rings is 1. The number of rotatable bonds is 5. The van der Waals surface area contributed by atoms with Crippen LogP contribution < -0.4 is 5.76 Å². The highest BCUT2D eigenvalue weighted by Gasteiger charge is 2.17. The lowest BCUT2D eigenvalue weighted by Gasteiger charge is -2.22. The van der Waals surface area contributed by atoms with Gasteiger partial charge >= 0.3 is 5.76 Å². The van der Waals surface area contributed by atoms with E-state index in [9.17, 15) is 4.79 Å². The highest BCUT2D eigenvalue weighted by atomic mass is 16.7. The van der Waals surface area contributed by atoms with Crippen molar-refractivity contribution in [3.63, 3.8) is 0 Å². The second-order valence-electron chi connectivity index (χ2n) is 5.41. The monoisotopic (exact) mass is 304 g/mol. The molecule has 1 aromatic heterocycles. The summed E-state index contributed by atoms with van der Waals surface area (Å²) in [4.78, 5) is 11.9. The van der Waals surface area contributed by atoms with Crippen LogP contribution in [0, 0.1) is 6.92 Å². The van der Waals surface area contributed by atoms with Gasteiger partial charge in [0.15, 0.2) is 12.1 Å². The molecular weight excluding hydrogens is 284 g/mol. The van der Waals surface area contributed by atoms with E-state index >= 15 is 0 Å². The van der Waals surface area contributed by atoms with E-state index in [0.717, 1.165) is 37.0 Å². The average Bonchev–Trinajstić information content (AvgIpc) is 2.90. The summed E-state index contributed by atoms with van der Waals surface area (Å²) >= 11 is 0. The molecule has 0 N–H and O–H groups in total. The lowest BCUT2D eigenvalue weighted by molar-refractivity contribution is -0.163. The fraction of sp³-hybridized carbons (Fsp3) is 0.500. The van der Waals surface area contributed by atoms with Gasteiger partial charge in [0.2, 0.25) is 0 Å². The maximum absolute atomic E-state index is 11.9. The van der Waals surface area contributed by atoms with Crippen LogP contribution in [0.3, 0.4) is 0 Å². The topological polar surface area (TPSA) is 66.5 Å². The molecule has 0 saturated carbocycles. The molecule has 2 aromatic rings. The Bertz CT molecular complexity index is 671. The Morgan fingerprint density at radius 3 is 3.00 bits per heavy atom. The molecule has 3 rings (SSSR count). The molecule has 1 aliphatic rings. The van der Waals surface area contributed by atoms with Crippen molar-refractivity contribution in [1.82, 2.24) is 9.72 Å². The minimum absolute atomic E-state index is 0.161. The third kappa shape index (κ3) is 3.28. The predicted molar refractivity (Wildman–Crippen MR) is 80.5 cm³/mol. The molecule has 0 radical (unpaired) electrons. The maximum atomic E-state index is 11.9. The van der Waals surface area contributed by atoms with E-state index < -0.39 is 5.76 Å². The minimum atomic E-state index is -0.466. The van der Waals surface area contributed by atoms with E-state index in [4.69, 9.17) is 14.0 Å². The Morgan fingerprint density at radius 1 is 1.36 bits per heavy atom. The molecule has 1 aromatic carbocycles. The van der Waals surface area contributed by atoms with Crippen LogP contribution in [0.1, 0.15) is 24.8 Å². The van der Waals surface area contributed by atoms with Gasteiger partial charge in [-0.3, -0.25) is 9.09 Å². The van der Waals surface area contributed by atoms with Crippen LogP contribution in [0.15, 0.2) is 33.6 Å². The third-order valence-electron chi connectivity index (χ3n) is 3.83.